The molecule has 114 valence electrons. The quantitative estimate of drug-likeness (QED) is 0.641. The fourth-order valence-corrected chi connectivity index (χ4v) is 2.07. The van der Waals surface area contributed by atoms with Gasteiger partial charge in [-0.15, -0.1) is 0 Å². The van der Waals surface area contributed by atoms with E-state index in [1.54, 1.807) is 7.11 Å². The van der Waals surface area contributed by atoms with Gasteiger partial charge in [-0.2, -0.15) is 0 Å². The molecule has 19 heavy (non-hydrogen) atoms. The van der Waals surface area contributed by atoms with Gasteiger partial charge in [-0.3, -0.25) is 0 Å². The van der Waals surface area contributed by atoms with Crippen LogP contribution in [0.2, 0.25) is 0 Å². The molecule has 0 aliphatic heterocycles. The molecule has 0 radical (unpaired) electrons. The van der Waals surface area contributed by atoms with Gasteiger partial charge in [0.05, 0.1) is 44.2 Å². The highest BCUT2D eigenvalue weighted by molar-refractivity contribution is 4.96. The standard InChI is InChI=1S/C14H29NO4/c1-14(2,3)19-9-8-17-12-10-11(15-4)13(12)18-7-6-16-5/h11-13,15H,6-10H2,1-5H3. The van der Waals surface area contributed by atoms with Gasteiger partial charge in [0.15, 0.2) is 0 Å². The Morgan fingerprint density at radius 1 is 1.05 bits per heavy atom. The number of hydrogen-bond acceptors (Lipinski definition) is 5. The summed E-state index contributed by atoms with van der Waals surface area (Å²) in [7, 11) is 3.63. The smallest absolute Gasteiger partial charge is 0.0991 e. The molecule has 1 aliphatic rings. The fraction of sp³-hybridized carbons (Fsp3) is 1.00. The third-order valence-electron chi connectivity index (χ3n) is 3.17. The second-order valence-electron chi connectivity index (χ2n) is 5.83. The Morgan fingerprint density at radius 3 is 2.32 bits per heavy atom. The SMILES string of the molecule is CNC1CC(OCCOC(C)(C)C)C1OCCOC. The molecular formula is C14H29NO4. The summed E-state index contributed by atoms with van der Waals surface area (Å²) in [4.78, 5) is 0. The van der Waals surface area contributed by atoms with Gasteiger partial charge in [-0.25, -0.2) is 0 Å². The van der Waals surface area contributed by atoms with E-state index >= 15 is 0 Å². The third-order valence-corrected chi connectivity index (χ3v) is 3.17. The molecule has 1 aliphatic carbocycles. The van der Waals surface area contributed by atoms with Crippen LogP contribution in [0.15, 0.2) is 0 Å². The van der Waals surface area contributed by atoms with E-state index in [0.717, 1.165) is 6.42 Å². The highest BCUT2D eigenvalue weighted by Crippen LogP contribution is 2.27. The summed E-state index contributed by atoms with van der Waals surface area (Å²) < 4.78 is 22.2. The van der Waals surface area contributed by atoms with Crippen LogP contribution in [0, 0.1) is 0 Å². The van der Waals surface area contributed by atoms with Crippen molar-refractivity contribution in [1.82, 2.24) is 5.32 Å². The van der Waals surface area contributed by atoms with E-state index < -0.39 is 0 Å². The fourth-order valence-electron chi connectivity index (χ4n) is 2.07. The normalized spacial score (nSPS) is 27.3. The van der Waals surface area contributed by atoms with E-state index in [4.69, 9.17) is 18.9 Å². The summed E-state index contributed by atoms with van der Waals surface area (Å²) >= 11 is 0. The van der Waals surface area contributed by atoms with E-state index in [1.807, 2.05) is 27.8 Å². The molecule has 0 spiro atoms. The van der Waals surface area contributed by atoms with Crippen molar-refractivity contribution in [2.45, 2.75) is 51.0 Å². The van der Waals surface area contributed by atoms with Crippen LogP contribution in [0.4, 0.5) is 0 Å². The number of nitrogens with one attached hydrogen (secondary N) is 1. The zero-order valence-electron chi connectivity index (χ0n) is 12.9. The lowest BCUT2D eigenvalue weighted by Gasteiger charge is -2.43. The van der Waals surface area contributed by atoms with Gasteiger partial charge in [0.2, 0.25) is 0 Å². The molecule has 0 aromatic carbocycles. The molecule has 0 aromatic heterocycles. The van der Waals surface area contributed by atoms with Gasteiger partial charge in [0.25, 0.3) is 0 Å². The molecule has 1 fully saturated rings. The minimum absolute atomic E-state index is 0.106. The highest BCUT2D eigenvalue weighted by Gasteiger charge is 2.41. The van der Waals surface area contributed by atoms with Crippen molar-refractivity contribution in [1.29, 1.82) is 0 Å². The summed E-state index contributed by atoms with van der Waals surface area (Å²) in [5, 5.41) is 3.25. The number of methoxy groups -OCH3 is 1. The van der Waals surface area contributed by atoms with E-state index in [9.17, 15) is 0 Å². The van der Waals surface area contributed by atoms with Crippen LogP contribution in [0.5, 0.6) is 0 Å². The highest BCUT2D eigenvalue weighted by atomic mass is 16.6. The first-order valence-corrected chi connectivity index (χ1v) is 7.01. The monoisotopic (exact) mass is 275 g/mol. The van der Waals surface area contributed by atoms with Gasteiger partial charge in [0.1, 0.15) is 0 Å². The Morgan fingerprint density at radius 2 is 1.74 bits per heavy atom. The molecule has 5 heteroatoms. The Bertz CT molecular complexity index is 242. The topological polar surface area (TPSA) is 49.0 Å². The molecule has 0 heterocycles. The molecule has 1 N–H and O–H groups in total. The van der Waals surface area contributed by atoms with Crippen molar-refractivity contribution in [3.8, 4) is 0 Å². The van der Waals surface area contributed by atoms with Gasteiger partial charge < -0.3 is 24.3 Å². The molecule has 0 bridgehead atoms. The van der Waals surface area contributed by atoms with Gasteiger partial charge in [-0.1, -0.05) is 0 Å². The second kappa shape index (κ2) is 8.17. The lowest BCUT2D eigenvalue weighted by molar-refractivity contribution is -0.160. The predicted molar refractivity (Wildman–Crippen MR) is 74.5 cm³/mol. The predicted octanol–water partition coefficient (Wildman–Crippen LogP) is 1.21. The summed E-state index contributed by atoms with van der Waals surface area (Å²) in [5.74, 6) is 0. The number of rotatable bonds is 9. The zero-order chi connectivity index (χ0) is 14.3. The van der Waals surface area contributed by atoms with Crippen molar-refractivity contribution in [3.05, 3.63) is 0 Å². The van der Waals surface area contributed by atoms with Crippen LogP contribution >= 0.6 is 0 Å². The van der Waals surface area contributed by atoms with Crippen molar-refractivity contribution >= 4 is 0 Å². The molecule has 5 nitrogen and oxygen atoms in total. The second-order valence-corrected chi connectivity index (χ2v) is 5.83. The number of hydrogen-bond donors (Lipinski definition) is 1. The molecule has 3 unspecified atom stereocenters. The Balaban J connectivity index is 2.17. The van der Waals surface area contributed by atoms with Crippen LogP contribution < -0.4 is 5.32 Å². The van der Waals surface area contributed by atoms with Crippen molar-refractivity contribution < 1.29 is 18.9 Å². The van der Waals surface area contributed by atoms with Gasteiger partial charge in [0, 0.05) is 13.2 Å². The van der Waals surface area contributed by atoms with Crippen LogP contribution in [0.3, 0.4) is 0 Å². The first kappa shape index (κ1) is 16.9. The maximum atomic E-state index is 5.82. The molecule has 0 amide bonds. The van der Waals surface area contributed by atoms with Crippen LogP contribution in [-0.2, 0) is 18.9 Å². The average Bonchev–Trinajstić information content (AvgIpc) is 2.31. The minimum atomic E-state index is -0.106. The van der Waals surface area contributed by atoms with Gasteiger partial charge >= 0.3 is 0 Å². The lowest BCUT2D eigenvalue weighted by Crippen LogP contribution is -2.59. The Kier molecular flexibility index (Phi) is 7.25. The Hall–Kier alpha value is -0.200. The molecule has 1 saturated carbocycles. The first-order valence-electron chi connectivity index (χ1n) is 7.01. The summed E-state index contributed by atoms with van der Waals surface area (Å²) in [6, 6.07) is 0.380. The van der Waals surface area contributed by atoms with Crippen LogP contribution in [0.25, 0.3) is 0 Å². The van der Waals surface area contributed by atoms with E-state index in [0.29, 0.717) is 32.5 Å². The van der Waals surface area contributed by atoms with E-state index in [1.165, 1.54) is 0 Å². The van der Waals surface area contributed by atoms with E-state index in [2.05, 4.69) is 5.32 Å². The first-order chi connectivity index (χ1) is 8.98. The molecule has 0 saturated heterocycles. The van der Waals surface area contributed by atoms with Crippen LogP contribution in [0.1, 0.15) is 27.2 Å². The van der Waals surface area contributed by atoms with Crippen LogP contribution in [-0.4, -0.2) is 64.4 Å². The number of likely N-dealkylation sites (N-methyl/N-ethyl adjacent to an activating group) is 1. The third kappa shape index (κ3) is 6.19. The molecule has 0 aromatic rings. The maximum Gasteiger partial charge on any atom is 0.0991 e. The average molecular weight is 275 g/mol. The minimum Gasteiger partial charge on any atom is -0.382 e. The van der Waals surface area contributed by atoms with Gasteiger partial charge in [-0.05, 0) is 34.2 Å². The lowest BCUT2D eigenvalue weighted by atomic mass is 9.85. The Labute approximate surface area is 116 Å². The largest absolute Gasteiger partial charge is 0.382 e. The molecule has 3 atom stereocenters. The number of ether oxygens (including phenoxy) is 4. The van der Waals surface area contributed by atoms with Crippen molar-refractivity contribution in [2.75, 3.05) is 40.6 Å². The zero-order valence-corrected chi connectivity index (χ0v) is 12.9. The van der Waals surface area contributed by atoms with E-state index in [-0.39, 0.29) is 17.8 Å². The summed E-state index contributed by atoms with van der Waals surface area (Å²) in [6.07, 6.45) is 1.27. The molecular weight excluding hydrogens is 246 g/mol. The summed E-state index contributed by atoms with van der Waals surface area (Å²) in [5.41, 5.74) is -0.106. The van der Waals surface area contributed by atoms with Crippen molar-refractivity contribution in [2.24, 2.45) is 0 Å². The maximum absolute atomic E-state index is 5.82. The summed E-state index contributed by atoms with van der Waals surface area (Å²) in [6.45, 7) is 8.60. The molecule has 1 rings (SSSR count). The van der Waals surface area contributed by atoms with Crippen molar-refractivity contribution in [3.63, 3.8) is 0 Å².